The Kier molecular flexibility index (Phi) is 4.19. The van der Waals surface area contributed by atoms with Gasteiger partial charge >= 0.3 is 0 Å². The van der Waals surface area contributed by atoms with E-state index in [0.29, 0.717) is 24.7 Å². The zero-order valence-electron chi connectivity index (χ0n) is 12.4. The summed E-state index contributed by atoms with van der Waals surface area (Å²) in [5, 5.41) is 3.25. The van der Waals surface area contributed by atoms with Gasteiger partial charge in [0.15, 0.2) is 5.16 Å². The zero-order valence-corrected chi connectivity index (χ0v) is 13.2. The Hall–Kier alpha value is -1.83. The lowest BCUT2D eigenvalue weighted by Crippen LogP contribution is -2.52. The number of nitrogens with zero attached hydrogens (tertiary/aromatic N) is 3. The van der Waals surface area contributed by atoms with Crippen molar-refractivity contribution in [2.75, 3.05) is 19.3 Å². The van der Waals surface area contributed by atoms with Gasteiger partial charge in [-0.2, -0.15) is 0 Å². The molecule has 1 aromatic rings. The number of hydrogen-bond donors (Lipinski definition) is 1. The summed E-state index contributed by atoms with van der Waals surface area (Å²) in [5.74, 6) is 0.223. The summed E-state index contributed by atoms with van der Waals surface area (Å²) in [7, 11) is 1.56. The lowest BCUT2D eigenvalue weighted by molar-refractivity contribution is -0.126. The molecule has 7 nitrogen and oxygen atoms in total. The third-order valence-electron chi connectivity index (χ3n) is 4.10. The first-order valence-electron chi connectivity index (χ1n) is 7.38. The molecule has 2 aliphatic rings. The van der Waals surface area contributed by atoms with Crippen LogP contribution in [0, 0.1) is 0 Å². The summed E-state index contributed by atoms with van der Waals surface area (Å²) >= 11 is 1.51. The molecule has 1 aromatic heterocycles. The topological polar surface area (TPSA) is 84.3 Å². The second-order valence-corrected chi connectivity index (χ2v) is 6.45. The van der Waals surface area contributed by atoms with Crippen LogP contribution in [0.15, 0.2) is 16.1 Å². The second-order valence-electron chi connectivity index (χ2n) is 5.38. The van der Waals surface area contributed by atoms with Crippen LogP contribution in [0.3, 0.4) is 0 Å². The number of piperidine rings is 1. The van der Waals surface area contributed by atoms with E-state index in [1.165, 1.54) is 27.4 Å². The molecule has 1 saturated heterocycles. The minimum atomic E-state index is -0.502. The number of fused-ring (bicyclic) bond motifs is 1. The van der Waals surface area contributed by atoms with Crippen LogP contribution in [0.1, 0.15) is 29.6 Å². The van der Waals surface area contributed by atoms with Gasteiger partial charge in [-0.05, 0) is 19.3 Å². The Labute approximate surface area is 132 Å². The number of likely N-dealkylation sites (N-methyl/N-ethyl adjacent to an activating group) is 1. The standard InChI is InChI=1S/C14H18N4O3S/c1-15-11(19)10-4-2-3-5-17(10)12(20)9-8-16-14-18(13(9)21)6-7-22-14/h8,10H,2-7H2,1H3,(H,15,19). The van der Waals surface area contributed by atoms with E-state index >= 15 is 0 Å². The highest BCUT2D eigenvalue weighted by molar-refractivity contribution is 7.99. The number of carbonyl (C=O) groups excluding carboxylic acids is 2. The number of aromatic nitrogens is 2. The van der Waals surface area contributed by atoms with Gasteiger partial charge in [0.25, 0.3) is 11.5 Å². The largest absolute Gasteiger partial charge is 0.357 e. The molecular formula is C14H18N4O3S. The fourth-order valence-corrected chi connectivity index (χ4v) is 3.85. The van der Waals surface area contributed by atoms with Gasteiger partial charge in [0, 0.05) is 32.1 Å². The van der Waals surface area contributed by atoms with Crippen LogP contribution in [0.5, 0.6) is 0 Å². The molecular weight excluding hydrogens is 304 g/mol. The fraction of sp³-hybridized carbons (Fsp3) is 0.571. The number of thioether (sulfide) groups is 1. The second kappa shape index (κ2) is 6.12. The van der Waals surface area contributed by atoms with E-state index in [9.17, 15) is 14.4 Å². The Bertz CT molecular complexity index is 673. The molecule has 0 aromatic carbocycles. The molecule has 8 heteroatoms. The molecule has 118 valence electrons. The molecule has 0 radical (unpaired) electrons. The maximum Gasteiger partial charge on any atom is 0.267 e. The summed E-state index contributed by atoms with van der Waals surface area (Å²) in [6.07, 6.45) is 3.72. The minimum Gasteiger partial charge on any atom is -0.357 e. The van der Waals surface area contributed by atoms with Crippen molar-refractivity contribution in [2.45, 2.75) is 37.0 Å². The van der Waals surface area contributed by atoms with E-state index in [0.717, 1.165) is 18.6 Å². The van der Waals surface area contributed by atoms with Crippen molar-refractivity contribution in [3.05, 3.63) is 22.1 Å². The maximum absolute atomic E-state index is 12.7. The summed E-state index contributed by atoms with van der Waals surface area (Å²) in [6.45, 7) is 1.07. The monoisotopic (exact) mass is 322 g/mol. The summed E-state index contributed by atoms with van der Waals surface area (Å²) in [6, 6.07) is -0.502. The van der Waals surface area contributed by atoms with Crippen LogP contribution in [0.2, 0.25) is 0 Å². The van der Waals surface area contributed by atoms with Gasteiger partial charge in [-0.15, -0.1) is 0 Å². The predicted octanol–water partition coefficient (Wildman–Crippen LogP) is 0.0897. The maximum atomic E-state index is 12.7. The molecule has 22 heavy (non-hydrogen) atoms. The molecule has 2 amide bonds. The van der Waals surface area contributed by atoms with Crippen molar-refractivity contribution < 1.29 is 9.59 Å². The van der Waals surface area contributed by atoms with Gasteiger partial charge in [0.1, 0.15) is 11.6 Å². The molecule has 0 aliphatic carbocycles. The van der Waals surface area contributed by atoms with Gasteiger partial charge in [-0.25, -0.2) is 4.98 Å². The smallest absolute Gasteiger partial charge is 0.267 e. The average Bonchev–Trinajstić information content (AvgIpc) is 3.03. The Balaban J connectivity index is 1.93. The number of rotatable bonds is 2. The number of nitrogens with one attached hydrogen (secondary N) is 1. The lowest BCUT2D eigenvalue weighted by atomic mass is 10.0. The van der Waals surface area contributed by atoms with Crippen LogP contribution < -0.4 is 10.9 Å². The highest BCUT2D eigenvalue weighted by atomic mass is 32.2. The van der Waals surface area contributed by atoms with E-state index in [-0.39, 0.29) is 17.0 Å². The first kappa shape index (κ1) is 15.1. The highest BCUT2D eigenvalue weighted by Crippen LogP contribution is 2.22. The predicted molar refractivity (Wildman–Crippen MR) is 82.0 cm³/mol. The SMILES string of the molecule is CNC(=O)C1CCCCN1C(=O)c1cnc2n(c1=O)CCS2. The zero-order chi connectivity index (χ0) is 15.7. The summed E-state index contributed by atoms with van der Waals surface area (Å²) in [4.78, 5) is 42.9. The molecule has 0 spiro atoms. The quantitative estimate of drug-likeness (QED) is 0.780. The van der Waals surface area contributed by atoms with Crippen molar-refractivity contribution in [1.82, 2.24) is 19.8 Å². The first-order valence-corrected chi connectivity index (χ1v) is 8.37. The molecule has 1 N–H and O–H groups in total. The van der Waals surface area contributed by atoms with Gasteiger partial charge < -0.3 is 10.2 Å². The lowest BCUT2D eigenvalue weighted by Gasteiger charge is -2.34. The average molecular weight is 322 g/mol. The van der Waals surface area contributed by atoms with Crippen molar-refractivity contribution in [2.24, 2.45) is 0 Å². The van der Waals surface area contributed by atoms with Crippen LogP contribution >= 0.6 is 11.8 Å². The fourth-order valence-electron chi connectivity index (χ4n) is 2.93. The van der Waals surface area contributed by atoms with Crippen molar-refractivity contribution in [3.63, 3.8) is 0 Å². The molecule has 2 aliphatic heterocycles. The number of carbonyl (C=O) groups is 2. The molecule has 1 atom stereocenters. The van der Waals surface area contributed by atoms with Crippen molar-refractivity contribution in [3.8, 4) is 0 Å². The number of amides is 2. The molecule has 0 saturated carbocycles. The first-order chi connectivity index (χ1) is 10.6. The Morgan fingerprint density at radius 1 is 1.36 bits per heavy atom. The number of hydrogen-bond acceptors (Lipinski definition) is 5. The van der Waals surface area contributed by atoms with E-state index in [1.54, 1.807) is 7.05 Å². The van der Waals surface area contributed by atoms with E-state index in [2.05, 4.69) is 10.3 Å². The van der Waals surface area contributed by atoms with E-state index < -0.39 is 11.9 Å². The van der Waals surface area contributed by atoms with Crippen molar-refractivity contribution >= 4 is 23.6 Å². The number of likely N-dealkylation sites (tertiary alicyclic amines) is 1. The van der Waals surface area contributed by atoms with Crippen LogP contribution in [0.25, 0.3) is 0 Å². The Morgan fingerprint density at radius 2 is 2.18 bits per heavy atom. The van der Waals surface area contributed by atoms with Crippen molar-refractivity contribution in [1.29, 1.82) is 0 Å². The molecule has 1 unspecified atom stereocenters. The van der Waals surface area contributed by atoms with Gasteiger partial charge in [-0.3, -0.25) is 19.0 Å². The highest BCUT2D eigenvalue weighted by Gasteiger charge is 2.34. The third kappa shape index (κ3) is 2.51. The van der Waals surface area contributed by atoms with Crippen LogP contribution in [-0.2, 0) is 11.3 Å². The summed E-state index contributed by atoms with van der Waals surface area (Å²) in [5.41, 5.74) is -0.247. The van der Waals surface area contributed by atoms with Crippen LogP contribution in [-0.4, -0.2) is 51.7 Å². The molecule has 3 rings (SSSR count). The van der Waals surface area contributed by atoms with Gasteiger partial charge in [0.05, 0.1) is 0 Å². The van der Waals surface area contributed by atoms with E-state index in [4.69, 9.17) is 0 Å². The molecule has 0 bridgehead atoms. The molecule has 3 heterocycles. The van der Waals surface area contributed by atoms with Gasteiger partial charge in [-0.1, -0.05) is 11.8 Å². The normalized spacial score (nSPS) is 20.6. The van der Waals surface area contributed by atoms with E-state index in [1.807, 2.05) is 0 Å². The van der Waals surface area contributed by atoms with Crippen LogP contribution in [0.4, 0.5) is 0 Å². The summed E-state index contributed by atoms with van der Waals surface area (Å²) < 4.78 is 1.54. The minimum absolute atomic E-state index is 0.0575. The molecule has 1 fully saturated rings. The van der Waals surface area contributed by atoms with Gasteiger partial charge in [0.2, 0.25) is 5.91 Å². The third-order valence-corrected chi connectivity index (χ3v) is 5.07. The Morgan fingerprint density at radius 3 is 2.95 bits per heavy atom.